The highest BCUT2D eigenvalue weighted by Crippen LogP contribution is 2.19. The SMILES string of the molecule is CCNC(=NCc1ccccc1S(=O)(=O)N(C)C)NCCCOCC1CCOC1.I. The summed E-state index contributed by atoms with van der Waals surface area (Å²) in [6.45, 7) is 6.81. The average molecular weight is 554 g/mol. The van der Waals surface area contributed by atoms with Crippen molar-refractivity contribution in [2.75, 3.05) is 53.6 Å². The Morgan fingerprint density at radius 2 is 2.07 bits per heavy atom. The molecule has 0 radical (unpaired) electrons. The lowest BCUT2D eigenvalue weighted by molar-refractivity contribution is 0.0888. The van der Waals surface area contributed by atoms with E-state index in [1.54, 1.807) is 18.2 Å². The van der Waals surface area contributed by atoms with Crippen molar-refractivity contribution >= 4 is 40.0 Å². The van der Waals surface area contributed by atoms with Gasteiger partial charge in [0.05, 0.1) is 24.7 Å². The molecule has 1 aliphatic rings. The molecule has 0 aromatic heterocycles. The van der Waals surface area contributed by atoms with Crippen LogP contribution in [0.5, 0.6) is 0 Å². The first kappa shape index (κ1) is 27.1. The Hall–Kier alpha value is -0.950. The summed E-state index contributed by atoms with van der Waals surface area (Å²) in [5, 5.41) is 6.47. The molecule has 172 valence electrons. The molecule has 1 atom stereocenters. The summed E-state index contributed by atoms with van der Waals surface area (Å²) in [5.41, 5.74) is 0.667. The number of aliphatic imine (C=N–C) groups is 1. The van der Waals surface area contributed by atoms with E-state index in [0.29, 0.717) is 24.0 Å². The van der Waals surface area contributed by atoms with Crippen LogP contribution in [0.3, 0.4) is 0 Å². The van der Waals surface area contributed by atoms with Crippen LogP contribution in [-0.4, -0.2) is 72.3 Å². The maximum atomic E-state index is 12.5. The van der Waals surface area contributed by atoms with Crippen LogP contribution in [0, 0.1) is 5.92 Å². The minimum Gasteiger partial charge on any atom is -0.381 e. The average Bonchev–Trinajstić information content (AvgIpc) is 3.22. The lowest BCUT2D eigenvalue weighted by Crippen LogP contribution is -2.38. The molecular weight excluding hydrogens is 519 g/mol. The maximum absolute atomic E-state index is 12.5. The highest BCUT2D eigenvalue weighted by molar-refractivity contribution is 14.0. The van der Waals surface area contributed by atoms with E-state index in [2.05, 4.69) is 15.6 Å². The normalized spacial score (nSPS) is 17.1. The summed E-state index contributed by atoms with van der Waals surface area (Å²) < 4.78 is 37.3. The van der Waals surface area contributed by atoms with Gasteiger partial charge in [0.2, 0.25) is 10.0 Å². The fourth-order valence-corrected chi connectivity index (χ4v) is 4.04. The molecule has 8 nitrogen and oxygen atoms in total. The van der Waals surface area contributed by atoms with Gasteiger partial charge in [-0.05, 0) is 31.4 Å². The number of benzene rings is 1. The Labute approximate surface area is 197 Å². The first-order valence-electron chi connectivity index (χ1n) is 10.1. The van der Waals surface area contributed by atoms with Crippen molar-refractivity contribution in [1.82, 2.24) is 14.9 Å². The zero-order chi connectivity index (χ0) is 21.1. The quantitative estimate of drug-likeness (QED) is 0.188. The fraction of sp³-hybridized carbons (Fsp3) is 0.650. The van der Waals surface area contributed by atoms with Crippen LogP contribution >= 0.6 is 24.0 Å². The maximum Gasteiger partial charge on any atom is 0.242 e. The lowest BCUT2D eigenvalue weighted by atomic mass is 10.1. The Balaban J connectivity index is 0.00000450. The number of hydrogen-bond acceptors (Lipinski definition) is 5. The van der Waals surface area contributed by atoms with Gasteiger partial charge in [0.15, 0.2) is 5.96 Å². The molecule has 1 heterocycles. The number of nitrogens with zero attached hydrogens (tertiary/aromatic N) is 2. The van der Waals surface area contributed by atoms with Crippen molar-refractivity contribution in [1.29, 1.82) is 0 Å². The van der Waals surface area contributed by atoms with Gasteiger partial charge in [-0.3, -0.25) is 0 Å². The van der Waals surface area contributed by atoms with Gasteiger partial charge in [-0.15, -0.1) is 24.0 Å². The number of rotatable bonds is 11. The molecule has 2 N–H and O–H groups in total. The Morgan fingerprint density at radius 3 is 2.73 bits per heavy atom. The summed E-state index contributed by atoms with van der Waals surface area (Å²) >= 11 is 0. The largest absolute Gasteiger partial charge is 0.381 e. The molecule has 0 aliphatic carbocycles. The van der Waals surface area contributed by atoms with Gasteiger partial charge in [-0.25, -0.2) is 17.7 Å². The van der Waals surface area contributed by atoms with Gasteiger partial charge in [0, 0.05) is 46.3 Å². The third-order valence-electron chi connectivity index (χ3n) is 4.62. The molecule has 1 aliphatic heterocycles. The van der Waals surface area contributed by atoms with Crippen molar-refractivity contribution in [3.63, 3.8) is 0 Å². The third-order valence-corrected chi connectivity index (χ3v) is 6.53. The highest BCUT2D eigenvalue weighted by Gasteiger charge is 2.20. The third kappa shape index (κ3) is 8.66. The van der Waals surface area contributed by atoms with Gasteiger partial charge < -0.3 is 20.1 Å². The number of sulfonamides is 1. The second-order valence-electron chi connectivity index (χ2n) is 7.18. The van der Waals surface area contributed by atoms with E-state index in [9.17, 15) is 8.42 Å². The van der Waals surface area contributed by atoms with E-state index in [4.69, 9.17) is 9.47 Å². The predicted molar refractivity (Wildman–Crippen MR) is 130 cm³/mol. The van der Waals surface area contributed by atoms with Crippen molar-refractivity contribution in [2.24, 2.45) is 10.9 Å². The van der Waals surface area contributed by atoms with Crippen LogP contribution in [0.4, 0.5) is 0 Å². The smallest absolute Gasteiger partial charge is 0.242 e. The number of guanidine groups is 1. The molecule has 2 rings (SSSR count). The molecule has 30 heavy (non-hydrogen) atoms. The van der Waals surface area contributed by atoms with E-state index in [-0.39, 0.29) is 35.4 Å². The standard InChI is InChI=1S/C20H34N4O4S.HI/c1-4-21-20(22-11-7-12-27-15-17-10-13-28-16-17)23-14-18-8-5-6-9-19(18)29(25,26)24(2)3;/h5-6,8-9,17H,4,7,10-16H2,1-3H3,(H2,21,22,23);1H. The van der Waals surface area contributed by atoms with Gasteiger partial charge in [-0.1, -0.05) is 18.2 Å². The number of nitrogens with one attached hydrogen (secondary N) is 2. The Kier molecular flexibility index (Phi) is 12.8. The Morgan fingerprint density at radius 1 is 1.30 bits per heavy atom. The summed E-state index contributed by atoms with van der Waals surface area (Å²) in [6.07, 6.45) is 1.95. The van der Waals surface area contributed by atoms with E-state index in [1.165, 1.54) is 18.4 Å². The zero-order valence-corrected chi connectivity index (χ0v) is 21.2. The lowest BCUT2D eigenvalue weighted by Gasteiger charge is -2.15. The first-order valence-corrected chi connectivity index (χ1v) is 11.6. The molecule has 1 unspecified atom stereocenters. The summed E-state index contributed by atoms with van der Waals surface area (Å²) in [7, 11) is -0.443. The molecule has 1 aromatic carbocycles. The van der Waals surface area contributed by atoms with Gasteiger partial charge in [0.1, 0.15) is 0 Å². The highest BCUT2D eigenvalue weighted by atomic mass is 127. The second-order valence-corrected chi connectivity index (χ2v) is 9.30. The van der Waals surface area contributed by atoms with E-state index in [0.717, 1.165) is 45.8 Å². The van der Waals surface area contributed by atoms with Gasteiger partial charge >= 0.3 is 0 Å². The zero-order valence-electron chi connectivity index (χ0n) is 18.1. The van der Waals surface area contributed by atoms with Crippen molar-refractivity contribution < 1.29 is 17.9 Å². The molecule has 0 saturated carbocycles. The number of ether oxygens (including phenoxy) is 2. The van der Waals surface area contributed by atoms with Gasteiger partial charge in [0.25, 0.3) is 0 Å². The van der Waals surface area contributed by atoms with Crippen molar-refractivity contribution in [3.05, 3.63) is 29.8 Å². The molecule has 10 heteroatoms. The molecule has 1 saturated heterocycles. The van der Waals surface area contributed by atoms with Crippen molar-refractivity contribution in [2.45, 2.75) is 31.2 Å². The summed E-state index contributed by atoms with van der Waals surface area (Å²) in [5.74, 6) is 1.19. The topological polar surface area (TPSA) is 92.3 Å². The van der Waals surface area contributed by atoms with Gasteiger partial charge in [-0.2, -0.15) is 0 Å². The minimum atomic E-state index is -3.50. The van der Waals surface area contributed by atoms with E-state index >= 15 is 0 Å². The number of halogens is 1. The fourth-order valence-electron chi connectivity index (χ4n) is 2.93. The summed E-state index contributed by atoms with van der Waals surface area (Å²) in [4.78, 5) is 4.84. The molecule has 0 spiro atoms. The first-order chi connectivity index (χ1) is 13.9. The molecule has 1 aromatic rings. The summed E-state index contributed by atoms with van der Waals surface area (Å²) in [6, 6.07) is 6.97. The van der Waals surface area contributed by atoms with Crippen LogP contribution in [0.2, 0.25) is 0 Å². The van der Waals surface area contributed by atoms with Crippen LogP contribution < -0.4 is 10.6 Å². The van der Waals surface area contributed by atoms with E-state index in [1.807, 2.05) is 13.0 Å². The second kappa shape index (κ2) is 14.2. The van der Waals surface area contributed by atoms with Crippen LogP contribution in [0.25, 0.3) is 0 Å². The number of hydrogen-bond donors (Lipinski definition) is 2. The monoisotopic (exact) mass is 554 g/mol. The minimum absolute atomic E-state index is 0. The molecule has 1 fully saturated rings. The van der Waals surface area contributed by atoms with Crippen LogP contribution in [0.1, 0.15) is 25.3 Å². The molecule has 0 bridgehead atoms. The molecular formula is C20H35IN4O4S. The molecule has 0 amide bonds. The van der Waals surface area contributed by atoms with Crippen LogP contribution in [-0.2, 0) is 26.0 Å². The van der Waals surface area contributed by atoms with Crippen molar-refractivity contribution in [3.8, 4) is 0 Å². The Bertz CT molecular complexity index is 753. The van der Waals surface area contributed by atoms with Crippen LogP contribution in [0.15, 0.2) is 34.2 Å². The van der Waals surface area contributed by atoms with E-state index < -0.39 is 10.0 Å². The predicted octanol–water partition coefficient (Wildman–Crippen LogP) is 2.05.